The molecule has 2 rings (SSSR count). The molecule has 15 heavy (non-hydrogen) atoms. The van der Waals surface area contributed by atoms with Gasteiger partial charge in [-0.2, -0.15) is 0 Å². The van der Waals surface area contributed by atoms with Gasteiger partial charge in [0.2, 0.25) is 0 Å². The van der Waals surface area contributed by atoms with E-state index in [0.29, 0.717) is 0 Å². The minimum absolute atomic E-state index is 1.31. The van der Waals surface area contributed by atoms with Crippen LogP contribution in [-0.2, 0) is 0 Å². The van der Waals surface area contributed by atoms with E-state index in [1.54, 1.807) is 11.3 Å². The molecule has 0 radical (unpaired) electrons. The molecule has 0 spiro atoms. The number of aryl methyl sites for hydroxylation is 1. The van der Waals surface area contributed by atoms with Crippen LogP contribution in [0.15, 0.2) is 29.6 Å². The molecule has 2 aromatic rings. The van der Waals surface area contributed by atoms with Crippen molar-refractivity contribution in [2.45, 2.75) is 20.8 Å². The molecular formula is C13H16S2. The molecule has 0 nitrogen and oxygen atoms in total. The molecule has 0 atom stereocenters. The molecule has 80 valence electrons. The zero-order valence-electron chi connectivity index (χ0n) is 9.36. The Morgan fingerprint density at radius 1 is 1.00 bits per heavy atom. The van der Waals surface area contributed by atoms with Crippen LogP contribution in [0.5, 0.6) is 0 Å². The number of rotatable bonds is 2. The molecule has 0 amide bonds. The van der Waals surface area contributed by atoms with Crippen molar-refractivity contribution < 1.29 is 0 Å². The fourth-order valence-electron chi connectivity index (χ4n) is 1.09. The molecule has 0 aliphatic heterocycles. The SMILES string of the molecule is CC.Cc1ccc(/C=C/c2cccs2)s1. The van der Waals surface area contributed by atoms with Crippen LogP contribution in [0.25, 0.3) is 12.2 Å². The van der Waals surface area contributed by atoms with Crippen molar-refractivity contribution in [3.8, 4) is 0 Å². The second kappa shape index (κ2) is 6.59. The quantitative estimate of drug-likeness (QED) is 0.662. The lowest BCUT2D eigenvalue weighted by atomic mass is 10.3. The zero-order chi connectivity index (χ0) is 11.1. The van der Waals surface area contributed by atoms with Crippen molar-refractivity contribution in [1.29, 1.82) is 0 Å². The topological polar surface area (TPSA) is 0 Å². The van der Waals surface area contributed by atoms with E-state index in [1.165, 1.54) is 14.6 Å². The van der Waals surface area contributed by atoms with Gasteiger partial charge >= 0.3 is 0 Å². The summed E-state index contributed by atoms with van der Waals surface area (Å²) in [5.41, 5.74) is 0. The van der Waals surface area contributed by atoms with Gasteiger partial charge in [-0.15, -0.1) is 22.7 Å². The fraction of sp³-hybridized carbons (Fsp3) is 0.231. The van der Waals surface area contributed by atoms with Gasteiger partial charge in [-0.05, 0) is 42.7 Å². The minimum Gasteiger partial charge on any atom is -0.144 e. The first kappa shape index (κ1) is 12.2. The van der Waals surface area contributed by atoms with Gasteiger partial charge < -0.3 is 0 Å². The van der Waals surface area contributed by atoms with Crippen molar-refractivity contribution in [2.75, 3.05) is 0 Å². The Hall–Kier alpha value is -0.860. The van der Waals surface area contributed by atoms with E-state index in [4.69, 9.17) is 0 Å². The molecule has 2 heterocycles. The van der Waals surface area contributed by atoms with Gasteiger partial charge in [-0.3, -0.25) is 0 Å². The molecule has 0 unspecified atom stereocenters. The molecule has 2 heteroatoms. The summed E-state index contributed by atoms with van der Waals surface area (Å²) in [4.78, 5) is 4.00. The van der Waals surface area contributed by atoms with Crippen molar-refractivity contribution in [3.63, 3.8) is 0 Å². The maximum absolute atomic E-state index is 2.17. The molecule has 0 aliphatic carbocycles. The van der Waals surface area contributed by atoms with Crippen LogP contribution >= 0.6 is 22.7 Å². The smallest absolute Gasteiger partial charge is 0.0273 e. The van der Waals surface area contributed by atoms with Gasteiger partial charge in [0, 0.05) is 14.6 Å². The number of hydrogen-bond acceptors (Lipinski definition) is 2. The third-order valence-electron chi connectivity index (χ3n) is 1.72. The highest BCUT2D eigenvalue weighted by Gasteiger charge is 1.91. The second-order valence-corrected chi connectivity index (χ2v) is 5.10. The molecule has 0 saturated carbocycles. The first-order valence-corrected chi connectivity index (χ1v) is 6.82. The maximum atomic E-state index is 2.17. The average molecular weight is 236 g/mol. The Bertz CT molecular complexity index is 394. The third kappa shape index (κ3) is 4.02. The summed E-state index contributed by atoms with van der Waals surface area (Å²) in [5.74, 6) is 0. The predicted octanol–water partition coefficient (Wildman–Crippen LogP) is 5.31. The molecule has 2 aromatic heterocycles. The monoisotopic (exact) mass is 236 g/mol. The van der Waals surface area contributed by atoms with Crippen LogP contribution < -0.4 is 0 Å². The summed E-state index contributed by atoms with van der Waals surface area (Å²) in [6, 6.07) is 8.51. The highest BCUT2D eigenvalue weighted by Crippen LogP contribution is 2.19. The summed E-state index contributed by atoms with van der Waals surface area (Å²) >= 11 is 3.59. The summed E-state index contributed by atoms with van der Waals surface area (Å²) < 4.78 is 0. The highest BCUT2D eigenvalue weighted by atomic mass is 32.1. The van der Waals surface area contributed by atoms with Gasteiger partial charge in [-0.25, -0.2) is 0 Å². The summed E-state index contributed by atoms with van der Waals surface area (Å²) in [6.45, 7) is 6.13. The van der Waals surface area contributed by atoms with Crippen molar-refractivity contribution in [3.05, 3.63) is 44.3 Å². The van der Waals surface area contributed by atoms with E-state index in [9.17, 15) is 0 Å². The Morgan fingerprint density at radius 3 is 2.27 bits per heavy atom. The second-order valence-electron chi connectivity index (χ2n) is 2.80. The van der Waals surface area contributed by atoms with Gasteiger partial charge in [0.25, 0.3) is 0 Å². The number of hydrogen-bond donors (Lipinski definition) is 0. The van der Waals surface area contributed by atoms with Crippen molar-refractivity contribution in [1.82, 2.24) is 0 Å². The summed E-state index contributed by atoms with van der Waals surface area (Å²) in [5, 5.41) is 2.10. The zero-order valence-corrected chi connectivity index (χ0v) is 11.0. The third-order valence-corrected chi connectivity index (χ3v) is 3.52. The Labute approximate surface area is 99.9 Å². The molecule has 0 saturated heterocycles. The van der Waals surface area contributed by atoms with Gasteiger partial charge in [0.1, 0.15) is 0 Å². The van der Waals surface area contributed by atoms with Crippen molar-refractivity contribution >= 4 is 34.8 Å². The van der Waals surface area contributed by atoms with E-state index in [1.807, 2.05) is 25.2 Å². The van der Waals surface area contributed by atoms with E-state index in [-0.39, 0.29) is 0 Å². The van der Waals surface area contributed by atoms with E-state index >= 15 is 0 Å². The lowest BCUT2D eigenvalue weighted by Gasteiger charge is -1.83. The average Bonchev–Trinajstić information content (AvgIpc) is 2.89. The predicted molar refractivity (Wildman–Crippen MR) is 73.7 cm³/mol. The standard InChI is InChI=1S/C11H10S2.C2H6/c1-9-4-5-11(13-9)7-6-10-3-2-8-12-10;1-2/h2-8H,1H3;1-2H3/b7-6+;. The van der Waals surface area contributed by atoms with Gasteiger partial charge in [0.15, 0.2) is 0 Å². The van der Waals surface area contributed by atoms with Crippen LogP contribution in [0, 0.1) is 6.92 Å². The minimum atomic E-state index is 1.31. The first-order chi connectivity index (χ1) is 7.34. The van der Waals surface area contributed by atoms with E-state index in [2.05, 4.69) is 48.7 Å². The van der Waals surface area contributed by atoms with Crippen LogP contribution in [0.3, 0.4) is 0 Å². The lowest BCUT2D eigenvalue weighted by molar-refractivity contribution is 1.50. The Kier molecular flexibility index (Phi) is 5.37. The Balaban J connectivity index is 0.000000531. The molecule has 0 fully saturated rings. The molecule has 0 aliphatic rings. The maximum Gasteiger partial charge on any atom is 0.0273 e. The molecule has 0 N–H and O–H groups in total. The largest absolute Gasteiger partial charge is 0.144 e. The van der Waals surface area contributed by atoms with Crippen LogP contribution in [-0.4, -0.2) is 0 Å². The van der Waals surface area contributed by atoms with Gasteiger partial charge in [-0.1, -0.05) is 19.9 Å². The fourth-order valence-corrected chi connectivity index (χ4v) is 2.49. The summed E-state index contributed by atoms with van der Waals surface area (Å²) in [7, 11) is 0. The van der Waals surface area contributed by atoms with Crippen LogP contribution in [0.4, 0.5) is 0 Å². The van der Waals surface area contributed by atoms with Gasteiger partial charge in [0.05, 0.1) is 0 Å². The first-order valence-electron chi connectivity index (χ1n) is 5.12. The molecule has 0 aromatic carbocycles. The molecular weight excluding hydrogens is 220 g/mol. The highest BCUT2D eigenvalue weighted by molar-refractivity contribution is 7.13. The molecule has 0 bridgehead atoms. The van der Waals surface area contributed by atoms with E-state index in [0.717, 1.165) is 0 Å². The normalized spacial score (nSPS) is 10.1. The number of thiophene rings is 2. The van der Waals surface area contributed by atoms with Crippen LogP contribution in [0.2, 0.25) is 0 Å². The van der Waals surface area contributed by atoms with Crippen molar-refractivity contribution in [2.24, 2.45) is 0 Å². The summed E-state index contributed by atoms with van der Waals surface area (Å²) in [6.07, 6.45) is 4.33. The lowest BCUT2D eigenvalue weighted by Crippen LogP contribution is -1.57. The van der Waals surface area contributed by atoms with Crippen LogP contribution in [0.1, 0.15) is 28.5 Å². The Morgan fingerprint density at radius 2 is 1.73 bits per heavy atom. The van der Waals surface area contributed by atoms with E-state index < -0.39 is 0 Å².